The summed E-state index contributed by atoms with van der Waals surface area (Å²) in [5, 5.41) is 0. The molecule has 80 valence electrons. The van der Waals surface area contributed by atoms with Gasteiger partial charge in [-0.05, 0) is 12.1 Å². The number of hydrogen-bond donors (Lipinski definition) is 1. The molecule has 0 saturated carbocycles. The first-order valence-electron chi connectivity index (χ1n) is 4.44. The van der Waals surface area contributed by atoms with Crippen molar-refractivity contribution in [2.45, 2.75) is 13.1 Å². The molecule has 2 aromatic rings. The number of halogens is 2. The van der Waals surface area contributed by atoms with Gasteiger partial charge in [0.25, 0.3) is 0 Å². The normalized spacial score (nSPS) is 10.9. The second-order valence-electron chi connectivity index (χ2n) is 2.95. The summed E-state index contributed by atoms with van der Waals surface area (Å²) < 4.78 is 27.3. The number of nitrogens with zero attached hydrogens (tertiary/aromatic N) is 3. The van der Waals surface area contributed by atoms with Crippen LogP contribution in [0.5, 0.6) is 0 Å². The molecule has 4 nitrogen and oxygen atoms in total. The van der Waals surface area contributed by atoms with Crippen LogP contribution in [0.1, 0.15) is 12.4 Å². The van der Waals surface area contributed by atoms with Crippen LogP contribution >= 0.6 is 0 Å². The molecular formula is C9H10F2N4. The van der Waals surface area contributed by atoms with E-state index in [0.717, 1.165) is 4.57 Å². The predicted molar refractivity (Wildman–Crippen MR) is 51.0 cm³/mol. The molecule has 0 fully saturated rings. The van der Waals surface area contributed by atoms with Crippen LogP contribution in [0, 0.1) is 0 Å². The molecule has 0 saturated heterocycles. The maximum atomic E-state index is 12.4. The highest BCUT2D eigenvalue weighted by Crippen LogP contribution is 2.12. The Kier molecular flexibility index (Phi) is 2.66. The molecule has 2 aromatic heterocycles. The summed E-state index contributed by atoms with van der Waals surface area (Å²) in [7, 11) is 0. The molecule has 0 spiro atoms. The van der Waals surface area contributed by atoms with Gasteiger partial charge in [0.2, 0.25) is 0 Å². The molecule has 0 aliphatic rings. The van der Waals surface area contributed by atoms with Crippen molar-refractivity contribution in [1.82, 2.24) is 14.2 Å². The van der Waals surface area contributed by atoms with Gasteiger partial charge in [-0.2, -0.15) is 8.78 Å². The van der Waals surface area contributed by atoms with Crippen molar-refractivity contribution in [2.75, 3.05) is 5.43 Å². The van der Waals surface area contributed by atoms with E-state index >= 15 is 0 Å². The van der Waals surface area contributed by atoms with Gasteiger partial charge in [0.1, 0.15) is 5.82 Å². The second kappa shape index (κ2) is 4.12. The maximum absolute atomic E-state index is 12.4. The first-order valence-corrected chi connectivity index (χ1v) is 4.44. The summed E-state index contributed by atoms with van der Waals surface area (Å²) in [5.74, 6) is 0.304. The lowest BCUT2D eigenvalue weighted by molar-refractivity contribution is 0.0671. The molecule has 15 heavy (non-hydrogen) atoms. The molecule has 0 radical (unpaired) electrons. The Morgan fingerprint density at radius 1 is 1.27 bits per heavy atom. The number of alkyl halides is 2. The molecule has 0 bridgehead atoms. The molecule has 6 heteroatoms. The van der Waals surface area contributed by atoms with E-state index in [0.29, 0.717) is 5.82 Å². The maximum Gasteiger partial charge on any atom is 0.319 e. The van der Waals surface area contributed by atoms with E-state index in [1.807, 2.05) is 12.1 Å². The van der Waals surface area contributed by atoms with Crippen molar-refractivity contribution in [3.63, 3.8) is 0 Å². The predicted octanol–water partition coefficient (Wildman–Crippen LogP) is 1.82. The van der Waals surface area contributed by atoms with E-state index in [4.69, 9.17) is 0 Å². The summed E-state index contributed by atoms with van der Waals surface area (Å²) in [5.41, 5.74) is 2.92. The van der Waals surface area contributed by atoms with Crippen LogP contribution < -0.4 is 5.43 Å². The van der Waals surface area contributed by atoms with E-state index in [-0.39, 0.29) is 6.54 Å². The zero-order valence-corrected chi connectivity index (χ0v) is 7.85. The average Bonchev–Trinajstić information content (AvgIpc) is 2.86. The lowest BCUT2D eigenvalue weighted by Crippen LogP contribution is -2.16. The van der Waals surface area contributed by atoms with Crippen molar-refractivity contribution >= 4 is 0 Å². The van der Waals surface area contributed by atoms with Crippen molar-refractivity contribution < 1.29 is 8.78 Å². The third kappa shape index (κ3) is 2.15. The van der Waals surface area contributed by atoms with E-state index in [2.05, 4.69) is 10.4 Å². The molecule has 0 aliphatic carbocycles. The van der Waals surface area contributed by atoms with Gasteiger partial charge < -0.3 is 5.43 Å². The van der Waals surface area contributed by atoms with Crippen LogP contribution in [0.4, 0.5) is 8.78 Å². The number of hydrogen-bond acceptors (Lipinski definition) is 2. The Bertz CT molecular complexity index is 407. The highest BCUT2D eigenvalue weighted by molar-refractivity contribution is 4.98. The largest absolute Gasteiger partial charge is 0.319 e. The fourth-order valence-electron chi connectivity index (χ4n) is 1.26. The van der Waals surface area contributed by atoms with E-state index in [1.165, 1.54) is 12.4 Å². The lowest BCUT2D eigenvalue weighted by Gasteiger charge is -2.09. The van der Waals surface area contributed by atoms with Crippen LogP contribution in [-0.2, 0) is 6.54 Å². The Morgan fingerprint density at radius 3 is 2.67 bits per heavy atom. The fraction of sp³-hybridized carbons (Fsp3) is 0.222. The van der Waals surface area contributed by atoms with Gasteiger partial charge in [-0.25, -0.2) is 4.98 Å². The summed E-state index contributed by atoms with van der Waals surface area (Å²) in [4.78, 5) is 3.84. The minimum atomic E-state index is -2.55. The van der Waals surface area contributed by atoms with Gasteiger partial charge in [0.05, 0.1) is 6.54 Å². The molecule has 1 N–H and O–H groups in total. The minimum absolute atomic E-state index is 0.256. The Balaban J connectivity index is 2.02. The van der Waals surface area contributed by atoms with E-state index < -0.39 is 6.55 Å². The van der Waals surface area contributed by atoms with Crippen molar-refractivity contribution in [1.29, 1.82) is 0 Å². The van der Waals surface area contributed by atoms with Gasteiger partial charge in [0, 0.05) is 24.8 Å². The molecule has 0 unspecified atom stereocenters. The zero-order chi connectivity index (χ0) is 10.7. The van der Waals surface area contributed by atoms with Gasteiger partial charge in [-0.15, -0.1) is 0 Å². The smallest absolute Gasteiger partial charge is 0.319 e. The van der Waals surface area contributed by atoms with Crippen LogP contribution in [0.15, 0.2) is 36.9 Å². The number of imidazole rings is 1. The summed E-state index contributed by atoms with van der Waals surface area (Å²) in [6, 6.07) is 3.68. The number of aromatic nitrogens is 3. The first kappa shape index (κ1) is 9.70. The second-order valence-corrected chi connectivity index (χ2v) is 2.95. The third-order valence-electron chi connectivity index (χ3n) is 1.98. The molecule has 2 heterocycles. The molecule has 0 aliphatic heterocycles. The molecule has 2 rings (SSSR count). The van der Waals surface area contributed by atoms with Gasteiger partial charge in [-0.3, -0.25) is 9.24 Å². The molecule has 0 amide bonds. The summed E-state index contributed by atoms with van der Waals surface area (Å²) in [6.07, 6.45) is 6.20. The SMILES string of the molecule is FC(F)n1ccnc1CNn1cccc1. The van der Waals surface area contributed by atoms with Crippen LogP contribution in [0.25, 0.3) is 0 Å². The van der Waals surface area contributed by atoms with Crippen molar-refractivity contribution in [2.24, 2.45) is 0 Å². The first-order chi connectivity index (χ1) is 7.27. The molecule has 0 aromatic carbocycles. The van der Waals surface area contributed by atoms with E-state index in [9.17, 15) is 8.78 Å². The lowest BCUT2D eigenvalue weighted by atomic mass is 10.6. The summed E-state index contributed by atoms with van der Waals surface area (Å²) in [6.45, 7) is -2.29. The van der Waals surface area contributed by atoms with Crippen LogP contribution in [0.3, 0.4) is 0 Å². The Hall–Kier alpha value is -1.85. The highest BCUT2D eigenvalue weighted by atomic mass is 19.3. The number of nitrogens with one attached hydrogen (secondary N) is 1. The Morgan fingerprint density at radius 2 is 2.00 bits per heavy atom. The third-order valence-corrected chi connectivity index (χ3v) is 1.98. The standard InChI is InChI=1S/C9H10F2N4/c10-9(11)15-6-3-12-8(15)7-13-14-4-1-2-5-14/h1-6,9,13H,7H2. The molecule has 0 atom stereocenters. The highest BCUT2D eigenvalue weighted by Gasteiger charge is 2.10. The van der Waals surface area contributed by atoms with E-state index in [1.54, 1.807) is 17.1 Å². The average molecular weight is 212 g/mol. The van der Waals surface area contributed by atoms with Crippen LogP contribution in [0.2, 0.25) is 0 Å². The number of rotatable bonds is 4. The topological polar surface area (TPSA) is 34.8 Å². The van der Waals surface area contributed by atoms with Crippen molar-refractivity contribution in [3.8, 4) is 0 Å². The summed E-state index contributed by atoms with van der Waals surface area (Å²) >= 11 is 0. The van der Waals surface area contributed by atoms with Crippen LogP contribution in [-0.4, -0.2) is 14.2 Å². The van der Waals surface area contributed by atoms with Gasteiger partial charge in [0.15, 0.2) is 0 Å². The monoisotopic (exact) mass is 212 g/mol. The quantitative estimate of drug-likeness (QED) is 0.838. The van der Waals surface area contributed by atoms with Gasteiger partial charge >= 0.3 is 6.55 Å². The molecular weight excluding hydrogens is 202 g/mol. The van der Waals surface area contributed by atoms with Gasteiger partial charge in [-0.1, -0.05) is 0 Å². The van der Waals surface area contributed by atoms with Crippen molar-refractivity contribution in [3.05, 3.63) is 42.7 Å². The zero-order valence-electron chi connectivity index (χ0n) is 7.85. The fourth-order valence-corrected chi connectivity index (χ4v) is 1.26. The Labute approximate surface area is 85.1 Å². The minimum Gasteiger partial charge on any atom is -0.319 e.